The Balaban J connectivity index is 1.66. The number of aliphatic hydroxyl groups is 1. The van der Waals surface area contributed by atoms with Gasteiger partial charge in [0.05, 0.1) is 23.2 Å². The monoisotopic (exact) mass is 370 g/mol. The molecule has 6 heteroatoms. The van der Waals surface area contributed by atoms with E-state index in [1.165, 1.54) is 11.8 Å². The van der Waals surface area contributed by atoms with Gasteiger partial charge in [-0.05, 0) is 24.6 Å². The molecule has 0 unspecified atom stereocenters. The maximum atomic E-state index is 12.8. The number of carbonyl (C=O) groups excluding carboxylic acids is 2. The van der Waals surface area contributed by atoms with Gasteiger partial charge in [-0.15, -0.1) is 11.8 Å². The molecule has 0 bridgehead atoms. The normalized spacial score (nSPS) is 17.8. The number of para-hydroxylation sites is 2. The molecule has 2 aromatic rings. The second kappa shape index (κ2) is 8.38. The van der Waals surface area contributed by atoms with E-state index in [4.69, 9.17) is 0 Å². The first-order valence-corrected chi connectivity index (χ1v) is 9.73. The molecule has 0 aliphatic carbocycles. The number of rotatable bonds is 5. The first kappa shape index (κ1) is 18.5. The fourth-order valence-electron chi connectivity index (χ4n) is 3.07. The summed E-state index contributed by atoms with van der Waals surface area (Å²) in [5.41, 5.74) is 2.22. The van der Waals surface area contributed by atoms with E-state index >= 15 is 0 Å². The number of benzene rings is 2. The van der Waals surface area contributed by atoms with Gasteiger partial charge >= 0.3 is 0 Å². The van der Waals surface area contributed by atoms with Gasteiger partial charge in [-0.25, -0.2) is 0 Å². The van der Waals surface area contributed by atoms with Crippen molar-refractivity contribution in [2.45, 2.75) is 25.5 Å². The number of nitrogens with one attached hydrogen (secondary N) is 1. The highest BCUT2D eigenvalue weighted by Crippen LogP contribution is 2.32. The van der Waals surface area contributed by atoms with E-state index in [1.54, 1.807) is 11.0 Å². The van der Waals surface area contributed by atoms with Crippen LogP contribution in [0.15, 0.2) is 54.6 Å². The Hall–Kier alpha value is -2.31. The average molecular weight is 370 g/mol. The summed E-state index contributed by atoms with van der Waals surface area (Å²) in [4.78, 5) is 26.5. The second-order valence-corrected chi connectivity index (χ2v) is 7.35. The van der Waals surface area contributed by atoms with Crippen LogP contribution in [-0.4, -0.2) is 34.5 Å². The molecule has 2 aromatic carbocycles. The standard InChI is InChI=1S/C20H22N2O3S/c1-14-11-19(24)21-16-9-5-6-10-17(16)22(14)20(25)13-26-12-18(23)15-7-3-2-4-8-15/h2-10,14,18,23H,11-13H2,1H3,(H,21,24)/t14-,18-/m1/s1. The van der Waals surface area contributed by atoms with Crippen molar-refractivity contribution in [2.75, 3.05) is 21.7 Å². The Morgan fingerprint density at radius 2 is 1.92 bits per heavy atom. The van der Waals surface area contributed by atoms with Crippen LogP contribution >= 0.6 is 11.8 Å². The van der Waals surface area contributed by atoms with Crippen molar-refractivity contribution in [3.8, 4) is 0 Å². The van der Waals surface area contributed by atoms with Crippen LogP contribution < -0.4 is 10.2 Å². The third kappa shape index (κ3) is 4.26. The Labute approximate surface area is 157 Å². The molecule has 2 atom stereocenters. The highest BCUT2D eigenvalue weighted by atomic mass is 32.2. The molecule has 0 radical (unpaired) electrons. The topological polar surface area (TPSA) is 69.6 Å². The van der Waals surface area contributed by atoms with E-state index in [9.17, 15) is 14.7 Å². The molecule has 2 N–H and O–H groups in total. The summed E-state index contributed by atoms with van der Waals surface area (Å²) in [6.07, 6.45) is -0.344. The first-order chi connectivity index (χ1) is 12.6. The van der Waals surface area contributed by atoms with Crippen LogP contribution in [0.5, 0.6) is 0 Å². The molecule has 3 rings (SSSR count). The van der Waals surface area contributed by atoms with E-state index in [1.807, 2.05) is 55.5 Å². The predicted octanol–water partition coefficient (Wildman–Crippen LogP) is 3.22. The van der Waals surface area contributed by atoms with Gasteiger partial charge < -0.3 is 15.3 Å². The van der Waals surface area contributed by atoms with Crippen molar-refractivity contribution in [3.63, 3.8) is 0 Å². The quantitative estimate of drug-likeness (QED) is 0.848. The molecule has 0 aromatic heterocycles. The highest BCUT2D eigenvalue weighted by molar-refractivity contribution is 8.00. The number of thioether (sulfide) groups is 1. The minimum Gasteiger partial charge on any atom is -0.388 e. The lowest BCUT2D eigenvalue weighted by Crippen LogP contribution is -2.40. The van der Waals surface area contributed by atoms with E-state index in [-0.39, 0.29) is 30.0 Å². The maximum absolute atomic E-state index is 12.8. The van der Waals surface area contributed by atoms with Gasteiger partial charge in [0.15, 0.2) is 0 Å². The summed E-state index contributed by atoms with van der Waals surface area (Å²) in [6, 6.07) is 16.5. The average Bonchev–Trinajstić information content (AvgIpc) is 2.76. The van der Waals surface area contributed by atoms with Gasteiger partial charge in [0.25, 0.3) is 0 Å². The summed E-state index contributed by atoms with van der Waals surface area (Å²) in [5, 5.41) is 13.1. The Bertz CT molecular complexity index is 782. The smallest absolute Gasteiger partial charge is 0.237 e. The Kier molecular flexibility index (Phi) is 5.96. The third-order valence-electron chi connectivity index (χ3n) is 4.31. The lowest BCUT2D eigenvalue weighted by Gasteiger charge is -2.28. The summed E-state index contributed by atoms with van der Waals surface area (Å²) in [7, 11) is 0. The highest BCUT2D eigenvalue weighted by Gasteiger charge is 2.29. The molecule has 2 amide bonds. The molecule has 5 nitrogen and oxygen atoms in total. The first-order valence-electron chi connectivity index (χ1n) is 8.58. The Morgan fingerprint density at radius 3 is 2.69 bits per heavy atom. The van der Waals surface area contributed by atoms with E-state index < -0.39 is 6.10 Å². The molecule has 1 aliphatic rings. The lowest BCUT2D eigenvalue weighted by atomic mass is 10.1. The van der Waals surface area contributed by atoms with E-state index in [0.717, 1.165) is 11.3 Å². The maximum Gasteiger partial charge on any atom is 0.237 e. The predicted molar refractivity (Wildman–Crippen MR) is 105 cm³/mol. The number of hydrogen-bond donors (Lipinski definition) is 2. The van der Waals surface area contributed by atoms with Crippen LogP contribution in [0.3, 0.4) is 0 Å². The van der Waals surface area contributed by atoms with Crippen molar-refractivity contribution in [3.05, 3.63) is 60.2 Å². The number of fused-ring (bicyclic) bond motifs is 1. The molecule has 1 heterocycles. The van der Waals surface area contributed by atoms with Gasteiger partial charge in [0, 0.05) is 18.2 Å². The minimum atomic E-state index is -0.605. The van der Waals surface area contributed by atoms with Gasteiger partial charge in [-0.3, -0.25) is 9.59 Å². The number of carbonyl (C=O) groups is 2. The zero-order valence-electron chi connectivity index (χ0n) is 14.6. The minimum absolute atomic E-state index is 0.0632. The molecule has 0 saturated carbocycles. The van der Waals surface area contributed by atoms with Crippen molar-refractivity contribution < 1.29 is 14.7 Å². The zero-order valence-corrected chi connectivity index (χ0v) is 15.4. The van der Waals surface area contributed by atoms with Crippen molar-refractivity contribution in [2.24, 2.45) is 0 Å². The van der Waals surface area contributed by atoms with Crippen LogP contribution in [0, 0.1) is 0 Å². The molecule has 0 fully saturated rings. The van der Waals surface area contributed by atoms with Crippen LogP contribution in [-0.2, 0) is 9.59 Å². The van der Waals surface area contributed by atoms with Crippen molar-refractivity contribution in [1.29, 1.82) is 0 Å². The van der Waals surface area contributed by atoms with Crippen LogP contribution in [0.2, 0.25) is 0 Å². The van der Waals surface area contributed by atoms with Gasteiger partial charge in [-0.2, -0.15) is 0 Å². The van der Waals surface area contributed by atoms with Crippen LogP contribution in [0.1, 0.15) is 25.0 Å². The van der Waals surface area contributed by atoms with Crippen molar-refractivity contribution >= 4 is 35.0 Å². The number of anilines is 2. The lowest BCUT2D eigenvalue weighted by molar-refractivity contribution is -0.117. The molecule has 26 heavy (non-hydrogen) atoms. The molecule has 1 aliphatic heterocycles. The summed E-state index contributed by atoms with van der Waals surface area (Å²) < 4.78 is 0. The molecular formula is C20H22N2O3S. The third-order valence-corrected chi connectivity index (χ3v) is 5.32. The summed E-state index contributed by atoms with van der Waals surface area (Å²) in [5.74, 6) is 0.534. The number of nitrogens with zero attached hydrogens (tertiary/aromatic N) is 1. The second-order valence-electron chi connectivity index (χ2n) is 6.32. The van der Waals surface area contributed by atoms with E-state index in [2.05, 4.69) is 5.32 Å². The van der Waals surface area contributed by atoms with Crippen LogP contribution in [0.4, 0.5) is 11.4 Å². The molecule has 0 saturated heterocycles. The molecule has 0 spiro atoms. The van der Waals surface area contributed by atoms with E-state index in [0.29, 0.717) is 11.4 Å². The molecular weight excluding hydrogens is 348 g/mol. The Morgan fingerprint density at radius 1 is 1.23 bits per heavy atom. The zero-order chi connectivity index (χ0) is 18.5. The van der Waals surface area contributed by atoms with Gasteiger partial charge in [0.1, 0.15) is 0 Å². The fourth-order valence-corrected chi connectivity index (χ4v) is 3.91. The largest absolute Gasteiger partial charge is 0.388 e. The number of aliphatic hydroxyl groups excluding tert-OH is 1. The van der Waals surface area contributed by atoms with Gasteiger partial charge in [0.2, 0.25) is 11.8 Å². The number of amides is 2. The van der Waals surface area contributed by atoms with Crippen LogP contribution in [0.25, 0.3) is 0 Å². The van der Waals surface area contributed by atoms with Gasteiger partial charge in [-0.1, -0.05) is 42.5 Å². The summed E-state index contributed by atoms with van der Waals surface area (Å²) in [6.45, 7) is 1.88. The molecule has 136 valence electrons. The van der Waals surface area contributed by atoms with Crippen molar-refractivity contribution in [1.82, 2.24) is 0 Å². The summed E-state index contributed by atoms with van der Waals surface area (Å²) >= 11 is 1.40. The fraction of sp³-hybridized carbons (Fsp3) is 0.300. The SMILES string of the molecule is C[C@@H]1CC(=O)Nc2ccccc2N1C(=O)CSC[C@@H](O)c1ccccc1. The number of hydrogen-bond acceptors (Lipinski definition) is 4.